The molecule has 3 rings (SSSR count). The topological polar surface area (TPSA) is 12.5 Å². The molecular formula is C16H22O. The van der Waals surface area contributed by atoms with Crippen molar-refractivity contribution in [3.8, 4) is 0 Å². The molecule has 1 saturated carbocycles. The number of hydrogen-bond donors (Lipinski definition) is 0. The quantitative estimate of drug-likeness (QED) is 0.719. The molecule has 3 atom stereocenters. The zero-order valence-electron chi connectivity index (χ0n) is 10.9. The van der Waals surface area contributed by atoms with Crippen LogP contribution in [0.5, 0.6) is 0 Å². The van der Waals surface area contributed by atoms with E-state index in [-0.39, 0.29) is 0 Å². The SMILES string of the molecule is Cc1cccc(CCC2CCC3OC3C2)c1C. The number of ether oxygens (including phenoxy) is 1. The van der Waals surface area contributed by atoms with Gasteiger partial charge in [0.2, 0.25) is 0 Å². The minimum Gasteiger partial charge on any atom is -0.370 e. The first-order chi connectivity index (χ1) is 8.24. The van der Waals surface area contributed by atoms with Crippen molar-refractivity contribution in [1.29, 1.82) is 0 Å². The summed E-state index contributed by atoms with van der Waals surface area (Å²) in [4.78, 5) is 0. The van der Waals surface area contributed by atoms with Crippen LogP contribution >= 0.6 is 0 Å². The van der Waals surface area contributed by atoms with Crippen molar-refractivity contribution in [3.63, 3.8) is 0 Å². The summed E-state index contributed by atoms with van der Waals surface area (Å²) < 4.78 is 5.60. The third-order valence-electron chi connectivity index (χ3n) is 4.65. The Morgan fingerprint density at radius 3 is 2.88 bits per heavy atom. The molecule has 0 bridgehead atoms. The second kappa shape index (κ2) is 4.45. The van der Waals surface area contributed by atoms with E-state index in [1.807, 2.05) is 0 Å². The molecular weight excluding hydrogens is 208 g/mol. The van der Waals surface area contributed by atoms with Gasteiger partial charge in [-0.15, -0.1) is 0 Å². The average Bonchev–Trinajstić information content (AvgIpc) is 3.09. The van der Waals surface area contributed by atoms with Gasteiger partial charge in [0.25, 0.3) is 0 Å². The van der Waals surface area contributed by atoms with E-state index in [2.05, 4.69) is 32.0 Å². The van der Waals surface area contributed by atoms with Crippen LogP contribution in [0.1, 0.15) is 42.4 Å². The Labute approximate surface area is 104 Å². The summed E-state index contributed by atoms with van der Waals surface area (Å²) in [6.45, 7) is 4.47. The van der Waals surface area contributed by atoms with Gasteiger partial charge in [0.1, 0.15) is 0 Å². The fraction of sp³-hybridized carbons (Fsp3) is 0.625. The molecule has 1 aromatic carbocycles. The predicted molar refractivity (Wildman–Crippen MR) is 70.2 cm³/mol. The Morgan fingerprint density at radius 1 is 1.18 bits per heavy atom. The van der Waals surface area contributed by atoms with Crippen LogP contribution in [0.25, 0.3) is 0 Å². The van der Waals surface area contributed by atoms with Crippen LogP contribution in [0.15, 0.2) is 18.2 Å². The molecule has 1 aromatic rings. The molecule has 1 aliphatic carbocycles. The molecule has 1 heterocycles. The van der Waals surface area contributed by atoms with E-state index in [9.17, 15) is 0 Å². The molecule has 92 valence electrons. The summed E-state index contributed by atoms with van der Waals surface area (Å²) in [5.74, 6) is 0.902. The lowest BCUT2D eigenvalue weighted by Crippen LogP contribution is -2.14. The average molecular weight is 230 g/mol. The predicted octanol–water partition coefficient (Wildman–Crippen LogP) is 3.80. The number of fused-ring (bicyclic) bond motifs is 1. The normalized spacial score (nSPS) is 31.1. The summed E-state index contributed by atoms with van der Waals surface area (Å²) in [6, 6.07) is 6.70. The van der Waals surface area contributed by atoms with E-state index in [0.717, 1.165) is 5.92 Å². The highest BCUT2D eigenvalue weighted by atomic mass is 16.6. The van der Waals surface area contributed by atoms with Crippen molar-refractivity contribution in [3.05, 3.63) is 34.9 Å². The highest BCUT2D eigenvalue weighted by Crippen LogP contribution is 2.41. The van der Waals surface area contributed by atoms with E-state index >= 15 is 0 Å². The number of hydrogen-bond acceptors (Lipinski definition) is 1. The van der Waals surface area contributed by atoms with Crippen molar-refractivity contribution in [2.45, 2.75) is 58.2 Å². The van der Waals surface area contributed by atoms with Crippen molar-refractivity contribution < 1.29 is 4.74 Å². The van der Waals surface area contributed by atoms with Crippen LogP contribution in [-0.2, 0) is 11.2 Å². The van der Waals surface area contributed by atoms with Crippen LogP contribution < -0.4 is 0 Å². The minimum atomic E-state index is 0.632. The zero-order valence-corrected chi connectivity index (χ0v) is 10.9. The summed E-state index contributed by atoms with van der Waals surface area (Å²) in [6.07, 6.45) is 7.87. The summed E-state index contributed by atoms with van der Waals surface area (Å²) in [5, 5.41) is 0. The zero-order chi connectivity index (χ0) is 11.8. The Hall–Kier alpha value is -0.820. The lowest BCUT2D eigenvalue weighted by molar-refractivity contribution is 0.351. The first-order valence-corrected chi connectivity index (χ1v) is 6.94. The van der Waals surface area contributed by atoms with Gasteiger partial charge in [-0.05, 0) is 68.6 Å². The van der Waals surface area contributed by atoms with Crippen LogP contribution in [0, 0.1) is 19.8 Å². The molecule has 0 amide bonds. The van der Waals surface area contributed by atoms with Crippen LogP contribution in [-0.4, -0.2) is 12.2 Å². The van der Waals surface area contributed by atoms with Gasteiger partial charge in [-0.2, -0.15) is 0 Å². The minimum absolute atomic E-state index is 0.632. The van der Waals surface area contributed by atoms with E-state index in [1.165, 1.54) is 43.2 Å². The fourth-order valence-electron chi connectivity index (χ4n) is 3.19. The standard InChI is InChI=1S/C16H22O/c1-11-4-3-5-14(12(11)2)8-6-13-7-9-15-16(10-13)17-15/h3-5,13,15-16H,6-10H2,1-2H3. The molecule has 0 spiro atoms. The van der Waals surface area contributed by atoms with Gasteiger partial charge in [0.05, 0.1) is 12.2 Å². The van der Waals surface area contributed by atoms with Crippen molar-refractivity contribution in [2.24, 2.45) is 5.92 Å². The Bertz CT molecular complexity index is 410. The lowest BCUT2D eigenvalue weighted by atomic mass is 9.84. The second-order valence-electron chi connectivity index (χ2n) is 5.79. The summed E-state index contributed by atoms with van der Waals surface area (Å²) >= 11 is 0. The molecule has 1 aliphatic heterocycles. The van der Waals surface area contributed by atoms with Crippen molar-refractivity contribution in [2.75, 3.05) is 0 Å². The summed E-state index contributed by atoms with van der Waals surface area (Å²) in [7, 11) is 0. The Kier molecular flexibility index (Phi) is 2.96. The highest BCUT2D eigenvalue weighted by molar-refractivity contribution is 5.33. The van der Waals surface area contributed by atoms with Gasteiger partial charge in [-0.3, -0.25) is 0 Å². The van der Waals surface area contributed by atoms with Gasteiger partial charge < -0.3 is 4.74 Å². The molecule has 0 N–H and O–H groups in total. The van der Waals surface area contributed by atoms with Crippen molar-refractivity contribution in [1.82, 2.24) is 0 Å². The molecule has 2 fully saturated rings. The van der Waals surface area contributed by atoms with E-state index < -0.39 is 0 Å². The monoisotopic (exact) mass is 230 g/mol. The molecule has 0 radical (unpaired) electrons. The molecule has 1 nitrogen and oxygen atoms in total. The van der Waals surface area contributed by atoms with E-state index in [0.29, 0.717) is 12.2 Å². The molecule has 0 aromatic heterocycles. The Balaban J connectivity index is 1.58. The van der Waals surface area contributed by atoms with Gasteiger partial charge in [0.15, 0.2) is 0 Å². The number of aryl methyl sites for hydroxylation is 2. The smallest absolute Gasteiger partial charge is 0.0844 e. The number of epoxide rings is 1. The third kappa shape index (κ3) is 2.40. The van der Waals surface area contributed by atoms with E-state index in [1.54, 1.807) is 5.56 Å². The van der Waals surface area contributed by atoms with Crippen LogP contribution in [0.2, 0.25) is 0 Å². The summed E-state index contributed by atoms with van der Waals surface area (Å²) in [5.41, 5.74) is 4.46. The number of benzene rings is 1. The highest BCUT2D eigenvalue weighted by Gasteiger charge is 2.43. The van der Waals surface area contributed by atoms with Crippen LogP contribution in [0.4, 0.5) is 0 Å². The first-order valence-electron chi connectivity index (χ1n) is 6.94. The molecule has 1 heteroatoms. The molecule has 1 saturated heterocycles. The largest absolute Gasteiger partial charge is 0.370 e. The lowest BCUT2D eigenvalue weighted by Gasteiger charge is -2.19. The molecule has 3 unspecified atom stereocenters. The maximum absolute atomic E-state index is 5.60. The van der Waals surface area contributed by atoms with Gasteiger partial charge in [-0.1, -0.05) is 18.2 Å². The second-order valence-corrected chi connectivity index (χ2v) is 5.79. The van der Waals surface area contributed by atoms with Gasteiger partial charge >= 0.3 is 0 Å². The van der Waals surface area contributed by atoms with Crippen LogP contribution in [0.3, 0.4) is 0 Å². The third-order valence-corrected chi connectivity index (χ3v) is 4.65. The van der Waals surface area contributed by atoms with Crippen molar-refractivity contribution >= 4 is 0 Å². The first kappa shape index (κ1) is 11.3. The molecule has 17 heavy (non-hydrogen) atoms. The fourth-order valence-corrected chi connectivity index (χ4v) is 3.19. The van der Waals surface area contributed by atoms with Gasteiger partial charge in [0, 0.05) is 0 Å². The maximum atomic E-state index is 5.60. The van der Waals surface area contributed by atoms with E-state index in [4.69, 9.17) is 4.74 Å². The molecule has 2 aliphatic rings. The number of rotatable bonds is 3. The Morgan fingerprint density at radius 2 is 2.06 bits per heavy atom. The van der Waals surface area contributed by atoms with Gasteiger partial charge in [-0.25, -0.2) is 0 Å². The maximum Gasteiger partial charge on any atom is 0.0844 e.